The Bertz CT molecular complexity index is 818. The van der Waals surface area contributed by atoms with Gasteiger partial charge in [-0.1, -0.05) is 85.5 Å². The molecule has 4 rings (SSSR count). The molecule has 0 nitrogen and oxygen atoms in total. The van der Waals surface area contributed by atoms with E-state index in [-0.39, 0.29) is 5.41 Å². The summed E-state index contributed by atoms with van der Waals surface area (Å²) in [4.78, 5) is 0. The van der Waals surface area contributed by atoms with Gasteiger partial charge in [-0.05, 0) is 46.7 Å². The second kappa shape index (κ2) is 5.24. The lowest BCUT2D eigenvalue weighted by Crippen LogP contribution is -2.28. The fourth-order valence-corrected chi connectivity index (χ4v) is 3.98. The van der Waals surface area contributed by atoms with Gasteiger partial charge in [-0.3, -0.25) is 0 Å². The molecule has 0 saturated heterocycles. The predicted octanol–water partition coefficient (Wildman–Crippen LogP) is 5.53. The van der Waals surface area contributed by atoms with E-state index in [4.69, 9.17) is 0 Å². The second-order valence-electron chi connectivity index (χ2n) is 6.37. The fourth-order valence-electron chi connectivity index (χ4n) is 3.98. The summed E-state index contributed by atoms with van der Waals surface area (Å²) in [5.74, 6) is 0. The number of rotatable bonds is 3. The molecule has 0 saturated carbocycles. The van der Waals surface area contributed by atoms with E-state index in [9.17, 15) is 0 Å². The normalized spacial score (nSPS) is 14.7. The monoisotopic (exact) mass is 296 g/mol. The standard InChI is InChI=1S/C23H20/c1-3-18-14-22-15-19(17(18)2)16-23(22,20-10-6-4-7-11-20)21-12-8-5-9-13-21/h3-15H,1,16H2,2H3. The van der Waals surface area contributed by atoms with Crippen LogP contribution in [-0.2, 0) is 11.8 Å². The SMILES string of the molecule is C=Cc1cc2cc(c1C)CC2(c1ccccc1)c1ccccc1. The van der Waals surface area contributed by atoms with Gasteiger partial charge in [0.25, 0.3) is 0 Å². The van der Waals surface area contributed by atoms with Crippen LogP contribution in [0.3, 0.4) is 0 Å². The lowest BCUT2D eigenvalue weighted by atomic mass is 9.70. The van der Waals surface area contributed by atoms with Crippen molar-refractivity contribution >= 4 is 6.08 Å². The Morgan fingerprint density at radius 3 is 1.91 bits per heavy atom. The summed E-state index contributed by atoms with van der Waals surface area (Å²) in [6.07, 6.45) is 3.00. The van der Waals surface area contributed by atoms with Crippen LogP contribution in [0, 0.1) is 6.92 Å². The third-order valence-corrected chi connectivity index (χ3v) is 5.26. The van der Waals surface area contributed by atoms with Crippen LogP contribution in [0.15, 0.2) is 79.4 Å². The van der Waals surface area contributed by atoms with Crippen molar-refractivity contribution in [2.75, 3.05) is 0 Å². The van der Waals surface area contributed by atoms with Crippen LogP contribution < -0.4 is 0 Å². The molecule has 0 radical (unpaired) electrons. The van der Waals surface area contributed by atoms with E-state index >= 15 is 0 Å². The van der Waals surface area contributed by atoms with Crippen LogP contribution in [0.2, 0.25) is 0 Å². The molecule has 0 heteroatoms. The molecule has 0 heterocycles. The summed E-state index contributed by atoms with van der Waals surface area (Å²) < 4.78 is 0. The highest BCUT2D eigenvalue weighted by Crippen LogP contribution is 2.48. The molecule has 3 aromatic carbocycles. The molecular weight excluding hydrogens is 276 g/mol. The summed E-state index contributed by atoms with van der Waals surface area (Å²) in [5, 5.41) is 0. The fraction of sp³-hybridized carbons (Fsp3) is 0.130. The van der Waals surface area contributed by atoms with Gasteiger partial charge >= 0.3 is 0 Å². The van der Waals surface area contributed by atoms with E-state index in [1.165, 1.54) is 33.4 Å². The molecule has 0 unspecified atom stereocenters. The Kier molecular flexibility index (Phi) is 3.20. The van der Waals surface area contributed by atoms with Crippen LogP contribution in [-0.4, -0.2) is 0 Å². The summed E-state index contributed by atoms with van der Waals surface area (Å²) in [6, 6.07) is 26.5. The van der Waals surface area contributed by atoms with Gasteiger partial charge in [-0.25, -0.2) is 0 Å². The van der Waals surface area contributed by atoms with Gasteiger partial charge in [-0.15, -0.1) is 0 Å². The Balaban J connectivity index is 2.02. The van der Waals surface area contributed by atoms with Crippen molar-refractivity contribution in [2.24, 2.45) is 0 Å². The minimum atomic E-state index is -0.0795. The number of hydrogen-bond donors (Lipinski definition) is 0. The first kappa shape index (κ1) is 14.0. The van der Waals surface area contributed by atoms with Gasteiger partial charge in [0.05, 0.1) is 0 Å². The van der Waals surface area contributed by atoms with Gasteiger partial charge in [0, 0.05) is 5.41 Å². The van der Waals surface area contributed by atoms with E-state index < -0.39 is 0 Å². The average Bonchev–Trinajstić information content (AvgIpc) is 2.95. The molecule has 0 aromatic heterocycles. The molecule has 3 aromatic rings. The minimum Gasteiger partial charge on any atom is -0.0985 e. The number of fused-ring (bicyclic) bond motifs is 2. The summed E-state index contributed by atoms with van der Waals surface area (Å²) in [7, 11) is 0. The molecule has 0 atom stereocenters. The first-order valence-corrected chi connectivity index (χ1v) is 8.13. The highest BCUT2D eigenvalue weighted by atomic mass is 14.4. The van der Waals surface area contributed by atoms with Crippen molar-refractivity contribution in [2.45, 2.75) is 18.8 Å². The molecular formula is C23H20. The molecule has 23 heavy (non-hydrogen) atoms. The van der Waals surface area contributed by atoms with Crippen molar-refractivity contribution < 1.29 is 0 Å². The van der Waals surface area contributed by atoms with Crippen LogP contribution in [0.4, 0.5) is 0 Å². The largest absolute Gasteiger partial charge is 0.0985 e. The Morgan fingerprint density at radius 2 is 1.39 bits per heavy atom. The van der Waals surface area contributed by atoms with Crippen molar-refractivity contribution in [1.29, 1.82) is 0 Å². The van der Waals surface area contributed by atoms with Crippen molar-refractivity contribution in [3.05, 3.63) is 113 Å². The van der Waals surface area contributed by atoms with Crippen LogP contribution in [0.25, 0.3) is 6.08 Å². The third-order valence-electron chi connectivity index (χ3n) is 5.26. The van der Waals surface area contributed by atoms with Crippen LogP contribution in [0.1, 0.15) is 33.4 Å². The minimum absolute atomic E-state index is 0.0795. The summed E-state index contributed by atoms with van der Waals surface area (Å²) >= 11 is 0. The molecule has 2 bridgehead atoms. The highest BCUT2D eigenvalue weighted by molar-refractivity contribution is 5.65. The lowest BCUT2D eigenvalue weighted by Gasteiger charge is -2.32. The van der Waals surface area contributed by atoms with Gasteiger partial charge in [0.15, 0.2) is 0 Å². The van der Waals surface area contributed by atoms with E-state index in [1.807, 2.05) is 6.08 Å². The first-order valence-electron chi connectivity index (χ1n) is 8.13. The van der Waals surface area contributed by atoms with E-state index in [0.29, 0.717) is 0 Å². The second-order valence-corrected chi connectivity index (χ2v) is 6.37. The topological polar surface area (TPSA) is 0 Å². The predicted molar refractivity (Wildman–Crippen MR) is 97.7 cm³/mol. The van der Waals surface area contributed by atoms with Gasteiger partial charge in [0.1, 0.15) is 0 Å². The molecule has 0 fully saturated rings. The molecule has 0 N–H and O–H groups in total. The zero-order chi connectivity index (χ0) is 15.9. The zero-order valence-corrected chi connectivity index (χ0v) is 13.4. The van der Waals surface area contributed by atoms with Crippen LogP contribution >= 0.6 is 0 Å². The van der Waals surface area contributed by atoms with Gasteiger partial charge < -0.3 is 0 Å². The zero-order valence-electron chi connectivity index (χ0n) is 13.4. The van der Waals surface area contributed by atoms with Crippen LogP contribution in [0.5, 0.6) is 0 Å². The number of benzene rings is 3. The van der Waals surface area contributed by atoms with Crippen molar-refractivity contribution in [3.8, 4) is 0 Å². The Hall–Kier alpha value is -2.60. The van der Waals surface area contributed by atoms with E-state index in [0.717, 1.165) is 6.42 Å². The highest BCUT2D eigenvalue weighted by Gasteiger charge is 2.41. The maximum atomic E-state index is 4.00. The molecule has 0 aliphatic heterocycles. The smallest absolute Gasteiger partial charge is 0.0491 e. The number of hydrogen-bond acceptors (Lipinski definition) is 0. The summed E-state index contributed by atoms with van der Waals surface area (Å²) in [5.41, 5.74) is 8.08. The molecule has 1 aliphatic carbocycles. The van der Waals surface area contributed by atoms with Crippen molar-refractivity contribution in [3.63, 3.8) is 0 Å². The van der Waals surface area contributed by atoms with E-state index in [1.54, 1.807) is 0 Å². The third kappa shape index (κ3) is 1.98. The molecule has 1 aliphatic rings. The van der Waals surface area contributed by atoms with Gasteiger partial charge in [0.2, 0.25) is 0 Å². The Labute approximate surface area is 138 Å². The maximum absolute atomic E-state index is 4.00. The Morgan fingerprint density at radius 1 is 0.826 bits per heavy atom. The van der Waals surface area contributed by atoms with Gasteiger partial charge in [-0.2, -0.15) is 0 Å². The lowest BCUT2D eigenvalue weighted by molar-refractivity contribution is 0.642. The van der Waals surface area contributed by atoms with E-state index in [2.05, 4.69) is 86.3 Å². The molecule has 0 amide bonds. The van der Waals surface area contributed by atoms with Crippen molar-refractivity contribution in [1.82, 2.24) is 0 Å². The quantitative estimate of drug-likeness (QED) is 0.596. The molecule has 112 valence electrons. The summed E-state index contributed by atoms with van der Waals surface area (Å²) in [6.45, 7) is 6.21. The molecule has 0 spiro atoms. The maximum Gasteiger partial charge on any atom is 0.0491 e. The average molecular weight is 296 g/mol. The first-order chi connectivity index (χ1) is 11.3.